The average molecular weight is 289 g/mol. The predicted molar refractivity (Wildman–Crippen MR) is 83.4 cm³/mol. The van der Waals surface area contributed by atoms with Gasteiger partial charge in [0.05, 0.1) is 0 Å². The van der Waals surface area contributed by atoms with Crippen molar-refractivity contribution in [2.75, 3.05) is 37.0 Å². The Hall–Kier alpha value is -2.21. The lowest BCUT2D eigenvalue weighted by atomic mass is 10.2. The van der Waals surface area contributed by atoms with E-state index in [2.05, 4.69) is 9.97 Å². The molecule has 112 valence electrons. The lowest BCUT2D eigenvalue weighted by Gasteiger charge is -2.24. The van der Waals surface area contributed by atoms with Gasteiger partial charge in [0, 0.05) is 32.5 Å². The molecule has 1 aromatic carbocycles. The molecular formula is C15H20FN5. The first-order valence-electron chi connectivity index (χ1n) is 6.85. The molecule has 6 heteroatoms. The number of benzene rings is 1. The minimum atomic E-state index is -0.271. The molecule has 0 saturated carbocycles. The van der Waals surface area contributed by atoms with E-state index in [1.807, 2.05) is 36.0 Å². The van der Waals surface area contributed by atoms with E-state index in [9.17, 15) is 4.39 Å². The van der Waals surface area contributed by atoms with Crippen LogP contribution in [0.15, 0.2) is 36.5 Å². The number of nitrogens with two attached hydrogens (primary N) is 1. The van der Waals surface area contributed by atoms with E-state index in [1.54, 1.807) is 12.3 Å². The van der Waals surface area contributed by atoms with Gasteiger partial charge in [-0.2, -0.15) is 4.98 Å². The molecule has 0 amide bonds. The second-order valence-corrected chi connectivity index (χ2v) is 4.88. The molecule has 0 saturated heterocycles. The van der Waals surface area contributed by atoms with Crippen LogP contribution in [0.5, 0.6) is 0 Å². The zero-order chi connectivity index (χ0) is 15.2. The first-order valence-corrected chi connectivity index (χ1v) is 6.85. The average Bonchev–Trinajstić information content (AvgIpc) is 2.48. The Bertz CT molecular complexity index is 588. The molecule has 1 heterocycles. The number of hydrogen-bond donors (Lipinski definition) is 1. The lowest BCUT2D eigenvalue weighted by molar-refractivity contribution is 0.627. The highest BCUT2D eigenvalue weighted by atomic mass is 19.1. The molecule has 0 unspecified atom stereocenters. The lowest BCUT2D eigenvalue weighted by Crippen LogP contribution is -2.23. The highest BCUT2D eigenvalue weighted by Crippen LogP contribution is 2.25. The van der Waals surface area contributed by atoms with Crippen molar-refractivity contribution >= 4 is 17.5 Å². The maximum atomic E-state index is 13.5. The number of anilines is 3. The Morgan fingerprint density at radius 2 is 2.05 bits per heavy atom. The van der Waals surface area contributed by atoms with Crippen molar-refractivity contribution in [3.63, 3.8) is 0 Å². The normalized spacial score (nSPS) is 10.5. The van der Waals surface area contributed by atoms with Crippen LogP contribution < -0.4 is 15.5 Å². The smallest absolute Gasteiger partial charge is 0.226 e. The van der Waals surface area contributed by atoms with Crippen molar-refractivity contribution in [2.45, 2.75) is 6.42 Å². The van der Waals surface area contributed by atoms with Crippen LogP contribution in [0.25, 0.3) is 0 Å². The van der Waals surface area contributed by atoms with Crippen LogP contribution in [0.4, 0.5) is 21.8 Å². The summed E-state index contributed by atoms with van der Waals surface area (Å²) < 4.78 is 13.5. The van der Waals surface area contributed by atoms with E-state index < -0.39 is 0 Å². The van der Waals surface area contributed by atoms with Gasteiger partial charge in [0.25, 0.3) is 0 Å². The molecule has 1 aromatic heterocycles. The minimum Gasteiger partial charge on any atom is -0.347 e. The molecule has 0 spiro atoms. The summed E-state index contributed by atoms with van der Waals surface area (Å²) in [6.45, 7) is 1.24. The van der Waals surface area contributed by atoms with E-state index in [4.69, 9.17) is 5.73 Å². The Morgan fingerprint density at radius 1 is 1.24 bits per heavy atom. The molecule has 0 atom stereocenters. The van der Waals surface area contributed by atoms with Crippen molar-refractivity contribution in [3.8, 4) is 0 Å². The molecule has 21 heavy (non-hydrogen) atoms. The van der Waals surface area contributed by atoms with Gasteiger partial charge in [-0.3, -0.25) is 0 Å². The quantitative estimate of drug-likeness (QED) is 0.883. The molecule has 5 nitrogen and oxygen atoms in total. The van der Waals surface area contributed by atoms with Gasteiger partial charge in [0.1, 0.15) is 11.6 Å². The zero-order valence-electron chi connectivity index (χ0n) is 12.3. The third-order valence-corrected chi connectivity index (χ3v) is 3.01. The maximum Gasteiger partial charge on any atom is 0.226 e. The molecule has 0 aliphatic carbocycles. The van der Waals surface area contributed by atoms with E-state index in [1.165, 1.54) is 12.1 Å². The topological polar surface area (TPSA) is 58.3 Å². The van der Waals surface area contributed by atoms with E-state index >= 15 is 0 Å². The number of hydrogen-bond acceptors (Lipinski definition) is 5. The first-order chi connectivity index (χ1) is 10.1. The van der Waals surface area contributed by atoms with Crippen LogP contribution in [0, 0.1) is 5.82 Å². The fourth-order valence-electron chi connectivity index (χ4n) is 1.97. The Morgan fingerprint density at radius 3 is 2.71 bits per heavy atom. The van der Waals surface area contributed by atoms with Gasteiger partial charge in [-0.25, -0.2) is 9.37 Å². The highest BCUT2D eigenvalue weighted by molar-refractivity contribution is 5.60. The molecule has 2 rings (SSSR count). The predicted octanol–water partition coefficient (Wildman–Crippen LogP) is 2.17. The van der Waals surface area contributed by atoms with Gasteiger partial charge in [0.2, 0.25) is 5.95 Å². The van der Waals surface area contributed by atoms with E-state index in [-0.39, 0.29) is 5.82 Å². The standard InChI is InChI=1S/C15H20FN5/c1-20(2)15-18-9-7-14(19-15)21(10-4-8-17)13-6-3-5-12(16)11-13/h3,5-7,9,11H,4,8,10,17H2,1-2H3. The summed E-state index contributed by atoms with van der Waals surface area (Å²) in [5.74, 6) is 1.07. The first kappa shape index (κ1) is 15.2. The largest absolute Gasteiger partial charge is 0.347 e. The van der Waals surface area contributed by atoms with Gasteiger partial charge >= 0.3 is 0 Å². The number of halogens is 1. The number of aromatic nitrogens is 2. The Balaban J connectivity index is 2.37. The fraction of sp³-hybridized carbons (Fsp3) is 0.333. The fourth-order valence-corrected chi connectivity index (χ4v) is 1.97. The summed E-state index contributed by atoms with van der Waals surface area (Å²) in [6, 6.07) is 8.28. The molecular weight excluding hydrogens is 269 g/mol. The summed E-state index contributed by atoms with van der Waals surface area (Å²) in [7, 11) is 3.76. The van der Waals surface area contributed by atoms with Crippen molar-refractivity contribution in [3.05, 3.63) is 42.3 Å². The molecule has 2 aromatic rings. The van der Waals surface area contributed by atoms with Crippen LogP contribution in [0.2, 0.25) is 0 Å². The summed E-state index contributed by atoms with van der Waals surface area (Å²) >= 11 is 0. The molecule has 0 radical (unpaired) electrons. The Kier molecular flexibility index (Phi) is 5.05. The zero-order valence-corrected chi connectivity index (χ0v) is 12.3. The number of nitrogens with zero attached hydrogens (tertiary/aromatic N) is 4. The summed E-state index contributed by atoms with van der Waals surface area (Å²) in [5, 5.41) is 0. The third-order valence-electron chi connectivity index (χ3n) is 3.01. The van der Waals surface area contributed by atoms with Gasteiger partial charge in [-0.05, 0) is 37.2 Å². The molecule has 2 N–H and O–H groups in total. The minimum absolute atomic E-state index is 0.271. The summed E-state index contributed by atoms with van der Waals surface area (Å²) in [6.07, 6.45) is 2.49. The van der Waals surface area contributed by atoms with Crippen molar-refractivity contribution in [2.24, 2.45) is 5.73 Å². The van der Waals surface area contributed by atoms with Crippen LogP contribution in [-0.4, -0.2) is 37.2 Å². The van der Waals surface area contributed by atoms with Crippen molar-refractivity contribution in [1.82, 2.24) is 9.97 Å². The van der Waals surface area contributed by atoms with Crippen LogP contribution >= 0.6 is 0 Å². The second kappa shape index (κ2) is 6.99. The van der Waals surface area contributed by atoms with Crippen LogP contribution in [-0.2, 0) is 0 Å². The van der Waals surface area contributed by atoms with Crippen molar-refractivity contribution in [1.29, 1.82) is 0 Å². The summed E-state index contributed by atoms with van der Waals surface area (Å²) in [4.78, 5) is 12.5. The van der Waals surface area contributed by atoms with Gasteiger partial charge in [-0.15, -0.1) is 0 Å². The second-order valence-electron chi connectivity index (χ2n) is 4.88. The Labute approximate surface area is 124 Å². The SMILES string of the molecule is CN(C)c1nccc(N(CCCN)c2cccc(F)c2)n1. The van der Waals surface area contributed by atoms with Gasteiger partial charge in [-0.1, -0.05) is 6.07 Å². The molecule has 0 aliphatic heterocycles. The number of rotatable bonds is 6. The van der Waals surface area contributed by atoms with Gasteiger partial charge in [0.15, 0.2) is 0 Å². The third kappa shape index (κ3) is 3.88. The van der Waals surface area contributed by atoms with Crippen LogP contribution in [0.3, 0.4) is 0 Å². The van der Waals surface area contributed by atoms with E-state index in [0.717, 1.165) is 17.9 Å². The maximum absolute atomic E-state index is 13.5. The molecule has 0 bridgehead atoms. The molecule has 0 aliphatic rings. The van der Waals surface area contributed by atoms with Crippen LogP contribution in [0.1, 0.15) is 6.42 Å². The van der Waals surface area contributed by atoms with Gasteiger partial charge < -0.3 is 15.5 Å². The highest BCUT2D eigenvalue weighted by Gasteiger charge is 2.12. The monoisotopic (exact) mass is 289 g/mol. The molecule has 0 fully saturated rings. The van der Waals surface area contributed by atoms with E-state index in [0.29, 0.717) is 19.0 Å². The summed E-state index contributed by atoms with van der Waals surface area (Å²) in [5.41, 5.74) is 6.36. The van der Waals surface area contributed by atoms with Crippen molar-refractivity contribution < 1.29 is 4.39 Å².